The number of aromatic nitrogens is 2. The van der Waals surface area contributed by atoms with E-state index in [0.29, 0.717) is 16.5 Å². The quantitative estimate of drug-likeness (QED) is 0.931. The molecule has 0 saturated carbocycles. The van der Waals surface area contributed by atoms with E-state index in [0.717, 1.165) is 11.3 Å². The van der Waals surface area contributed by atoms with E-state index in [9.17, 15) is 5.26 Å². The molecular formula is C13H11Cl2N3. The van der Waals surface area contributed by atoms with E-state index in [1.807, 2.05) is 6.92 Å². The van der Waals surface area contributed by atoms with E-state index in [1.54, 1.807) is 30.7 Å². The van der Waals surface area contributed by atoms with Crippen molar-refractivity contribution >= 4 is 23.2 Å². The molecule has 3 nitrogen and oxygen atoms in total. The van der Waals surface area contributed by atoms with Gasteiger partial charge in [-0.15, -0.1) is 0 Å². The fourth-order valence-corrected chi connectivity index (χ4v) is 2.51. The lowest BCUT2D eigenvalue weighted by molar-refractivity contribution is 0.598. The van der Waals surface area contributed by atoms with Gasteiger partial charge in [0.25, 0.3) is 0 Å². The van der Waals surface area contributed by atoms with Gasteiger partial charge in [0.2, 0.25) is 0 Å². The van der Waals surface area contributed by atoms with E-state index in [1.165, 1.54) is 0 Å². The van der Waals surface area contributed by atoms with Crippen molar-refractivity contribution in [3.63, 3.8) is 0 Å². The summed E-state index contributed by atoms with van der Waals surface area (Å²) in [6, 6.07) is 7.51. The first kappa shape index (κ1) is 12.9. The number of imidazole rings is 1. The number of hydrogen-bond acceptors (Lipinski definition) is 2. The number of hydrogen-bond donors (Lipinski definition) is 1. The van der Waals surface area contributed by atoms with Gasteiger partial charge in [0.05, 0.1) is 17.8 Å². The van der Waals surface area contributed by atoms with Gasteiger partial charge in [0, 0.05) is 28.4 Å². The van der Waals surface area contributed by atoms with Crippen molar-refractivity contribution in [3.8, 4) is 6.07 Å². The van der Waals surface area contributed by atoms with Crippen molar-refractivity contribution in [2.24, 2.45) is 0 Å². The van der Waals surface area contributed by atoms with Crippen molar-refractivity contribution < 1.29 is 0 Å². The summed E-state index contributed by atoms with van der Waals surface area (Å²) in [6.45, 7) is 1.85. The van der Waals surface area contributed by atoms with Crippen LogP contribution in [0.4, 0.5) is 0 Å². The van der Waals surface area contributed by atoms with Crippen molar-refractivity contribution in [1.82, 2.24) is 9.97 Å². The largest absolute Gasteiger partial charge is 0.348 e. The summed E-state index contributed by atoms with van der Waals surface area (Å²) in [5.41, 5.74) is 0.949. The van der Waals surface area contributed by atoms with Crippen LogP contribution < -0.4 is 0 Å². The minimum Gasteiger partial charge on any atom is -0.348 e. The van der Waals surface area contributed by atoms with Crippen LogP contribution in [0.25, 0.3) is 0 Å². The Labute approximate surface area is 115 Å². The standard InChI is InChI=1S/C13H11Cl2N3/c1-13(7-16,5-10-6-17-8-18-10)11-3-2-9(14)4-12(11)15/h2-4,6,8H,5H2,1H3,(H,17,18). The second kappa shape index (κ2) is 5.01. The highest BCUT2D eigenvalue weighted by Crippen LogP contribution is 2.33. The van der Waals surface area contributed by atoms with Gasteiger partial charge in [-0.1, -0.05) is 29.3 Å². The summed E-state index contributed by atoms with van der Waals surface area (Å²) in [7, 11) is 0. The Kier molecular flexibility index (Phi) is 3.60. The zero-order valence-corrected chi connectivity index (χ0v) is 11.3. The van der Waals surface area contributed by atoms with Gasteiger partial charge in [0.15, 0.2) is 0 Å². The van der Waals surface area contributed by atoms with Crippen LogP contribution in [-0.4, -0.2) is 9.97 Å². The minimum atomic E-state index is -0.714. The zero-order chi connectivity index (χ0) is 13.2. The first-order chi connectivity index (χ1) is 8.55. The molecule has 18 heavy (non-hydrogen) atoms. The summed E-state index contributed by atoms with van der Waals surface area (Å²) >= 11 is 12.0. The maximum Gasteiger partial charge on any atom is 0.0921 e. The third-order valence-electron chi connectivity index (χ3n) is 2.87. The van der Waals surface area contributed by atoms with Crippen molar-refractivity contribution in [1.29, 1.82) is 5.26 Å². The lowest BCUT2D eigenvalue weighted by Crippen LogP contribution is -2.23. The molecule has 2 aromatic rings. The highest BCUT2D eigenvalue weighted by molar-refractivity contribution is 6.35. The molecule has 1 atom stereocenters. The fraction of sp³-hybridized carbons (Fsp3) is 0.231. The lowest BCUT2D eigenvalue weighted by Gasteiger charge is -2.22. The molecule has 2 rings (SSSR count). The van der Waals surface area contributed by atoms with Gasteiger partial charge in [-0.2, -0.15) is 5.26 Å². The summed E-state index contributed by atoms with van der Waals surface area (Å²) in [5, 5.41) is 10.5. The third-order valence-corrected chi connectivity index (χ3v) is 3.42. The molecule has 0 aliphatic carbocycles. The van der Waals surface area contributed by atoms with Gasteiger partial charge in [-0.05, 0) is 24.6 Å². The third kappa shape index (κ3) is 2.50. The zero-order valence-electron chi connectivity index (χ0n) is 9.74. The molecule has 1 N–H and O–H groups in total. The van der Waals surface area contributed by atoms with Crippen LogP contribution >= 0.6 is 23.2 Å². The van der Waals surface area contributed by atoms with Crippen LogP contribution in [0, 0.1) is 11.3 Å². The maximum atomic E-state index is 9.46. The SMILES string of the molecule is CC(C#N)(Cc1cnc[nH]1)c1ccc(Cl)cc1Cl. The van der Waals surface area contributed by atoms with Crippen LogP contribution in [0.5, 0.6) is 0 Å². The van der Waals surface area contributed by atoms with Crippen molar-refractivity contribution in [2.75, 3.05) is 0 Å². The van der Waals surface area contributed by atoms with Gasteiger partial charge in [0.1, 0.15) is 0 Å². The number of nitrogens with zero attached hydrogens (tertiary/aromatic N) is 2. The number of halogens is 2. The summed E-state index contributed by atoms with van der Waals surface area (Å²) in [5.74, 6) is 0. The summed E-state index contributed by atoms with van der Waals surface area (Å²) < 4.78 is 0. The normalized spacial score (nSPS) is 13.9. The molecule has 1 unspecified atom stereocenters. The predicted octanol–water partition coefficient (Wildman–Crippen LogP) is 3.74. The molecule has 0 saturated heterocycles. The highest BCUT2D eigenvalue weighted by Gasteiger charge is 2.29. The molecule has 0 fully saturated rings. The van der Waals surface area contributed by atoms with E-state index in [4.69, 9.17) is 23.2 Å². The van der Waals surface area contributed by atoms with E-state index in [2.05, 4.69) is 16.0 Å². The first-order valence-corrected chi connectivity index (χ1v) is 6.15. The first-order valence-electron chi connectivity index (χ1n) is 5.39. The number of aromatic amines is 1. The monoisotopic (exact) mass is 279 g/mol. The fourth-order valence-electron chi connectivity index (χ4n) is 1.89. The van der Waals surface area contributed by atoms with Crippen LogP contribution in [0.1, 0.15) is 18.2 Å². The van der Waals surface area contributed by atoms with Crippen LogP contribution in [0.3, 0.4) is 0 Å². The average Bonchev–Trinajstić information content (AvgIpc) is 2.81. The molecule has 0 spiro atoms. The second-order valence-corrected chi connectivity index (χ2v) is 5.17. The number of benzene rings is 1. The molecule has 1 aromatic heterocycles. The molecular weight excluding hydrogens is 269 g/mol. The Balaban J connectivity index is 2.41. The number of nitrogens with one attached hydrogen (secondary N) is 1. The van der Waals surface area contributed by atoms with Gasteiger partial charge < -0.3 is 4.98 Å². The molecule has 1 heterocycles. The minimum absolute atomic E-state index is 0.506. The second-order valence-electron chi connectivity index (χ2n) is 4.32. The van der Waals surface area contributed by atoms with Crippen LogP contribution in [0.15, 0.2) is 30.7 Å². The van der Waals surface area contributed by atoms with Crippen molar-refractivity contribution in [2.45, 2.75) is 18.8 Å². The van der Waals surface area contributed by atoms with Gasteiger partial charge in [-0.25, -0.2) is 4.98 Å². The topological polar surface area (TPSA) is 52.5 Å². The summed E-state index contributed by atoms with van der Waals surface area (Å²) in [6.07, 6.45) is 3.82. The average molecular weight is 280 g/mol. The Hall–Kier alpha value is -1.50. The molecule has 0 bridgehead atoms. The van der Waals surface area contributed by atoms with Gasteiger partial charge >= 0.3 is 0 Å². The smallest absolute Gasteiger partial charge is 0.0921 e. The maximum absolute atomic E-state index is 9.46. The summed E-state index contributed by atoms with van der Waals surface area (Å²) in [4.78, 5) is 6.95. The van der Waals surface area contributed by atoms with E-state index in [-0.39, 0.29) is 0 Å². The molecule has 92 valence electrons. The Morgan fingerprint density at radius 3 is 2.78 bits per heavy atom. The molecule has 0 aliphatic rings. The number of nitriles is 1. The van der Waals surface area contributed by atoms with Gasteiger partial charge in [-0.3, -0.25) is 0 Å². The lowest BCUT2D eigenvalue weighted by atomic mass is 9.80. The van der Waals surface area contributed by atoms with Crippen molar-refractivity contribution in [3.05, 3.63) is 52.0 Å². The molecule has 0 radical (unpaired) electrons. The van der Waals surface area contributed by atoms with E-state index < -0.39 is 5.41 Å². The van der Waals surface area contributed by atoms with E-state index >= 15 is 0 Å². The Bertz CT molecular complexity index is 587. The highest BCUT2D eigenvalue weighted by atomic mass is 35.5. The van der Waals surface area contributed by atoms with Crippen LogP contribution in [0.2, 0.25) is 10.0 Å². The predicted molar refractivity (Wildman–Crippen MR) is 71.7 cm³/mol. The molecule has 0 amide bonds. The Morgan fingerprint density at radius 1 is 1.44 bits per heavy atom. The molecule has 0 aliphatic heterocycles. The number of rotatable bonds is 3. The van der Waals surface area contributed by atoms with Crippen LogP contribution in [-0.2, 0) is 11.8 Å². The molecule has 5 heteroatoms. The number of H-pyrrole nitrogens is 1. The Morgan fingerprint density at radius 2 is 2.22 bits per heavy atom. The molecule has 1 aromatic carbocycles.